The van der Waals surface area contributed by atoms with Crippen molar-refractivity contribution < 1.29 is 0 Å². The van der Waals surface area contributed by atoms with Crippen molar-refractivity contribution in [2.24, 2.45) is 5.41 Å². The summed E-state index contributed by atoms with van der Waals surface area (Å²) < 4.78 is 0. The molecule has 2 heteroatoms. The molecule has 0 amide bonds. The molecule has 0 bridgehead atoms. The molecule has 2 fully saturated rings. The van der Waals surface area contributed by atoms with Crippen LogP contribution < -0.4 is 5.32 Å². The van der Waals surface area contributed by atoms with E-state index < -0.39 is 0 Å². The predicted molar refractivity (Wildman–Crippen MR) is 74.3 cm³/mol. The second-order valence-corrected chi connectivity index (χ2v) is 6.86. The fourth-order valence-corrected chi connectivity index (χ4v) is 3.57. The number of likely N-dealkylation sites (tertiary alicyclic amines) is 1. The van der Waals surface area contributed by atoms with Crippen molar-refractivity contribution in [1.82, 2.24) is 10.2 Å². The highest BCUT2D eigenvalue weighted by Crippen LogP contribution is 2.32. The lowest BCUT2D eigenvalue weighted by Gasteiger charge is -2.37. The number of nitrogens with one attached hydrogen (secondary N) is 1. The summed E-state index contributed by atoms with van der Waals surface area (Å²) in [6.07, 6.45) is 9.78. The van der Waals surface area contributed by atoms with Gasteiger partial charge < -0.3 is 10.2 Å². The highest BCUT2D eigenvalue weighted by atomic mass is 15.2. The first-order valence-corrected chi connectivity index (χ1v) is 7.52. The summed E-state index contributed by atoms with van der Waals surface area (Å²) in [6, 6.07) is 1.63. The van der Waals surface area contributed by atoms with E-state index in [1.54, 1.807) is 0 Å². The smallest absolute Gasteiger partial charge is 0.0110 e. The van der Waals surface area contributed by atoms with Gasteiger partial charge in [-0.15, -0.1) is 0 Å². The Kier molecular flexibility index (Phi) is 4.48. The van der Waals surface area contributed by atoms with Gasteiger partial charge >= 0.3 is 0 Å². The van der Waals surface area contributed by atoms with Crippen LogP contribution in [0.1, 0.15) is 58.8 Å². The first-order chi connectivity index (χ1) is 8.11. The van der Waals surface area contributed by atoms with Crippen LogP contribution in [0.15, 0.2) is 0 Å². The molecule has 100 valence electrons. The van der Waals surface area contributed by atoms with Crippen LogP contribution in [0.5, 0.6) is 0 Å². The Labute approximate surface area is 107 Å². The highest BCUT2D eigenvalue weighted by molar-refractivity contribution is 4.86. The van der Waals surface area contributed by atoms with Gasteiger partial charge in [0.05, 0.1) is 0 Å². The van der Waals surface area contributed by atoms with Crippen LogP contribution in [-0.2, 0) is 0 Å². The van der Waals surface area contributed by atoms with Gasteiger partial charge in [-0.25, -0.2) is 0 Å². The third-order valence-corrected chi connectivity index (χ3v) is 4.95. The first-order valence-electron chi connectivity index (χ1n) is 7.52. The van der Waals surface area contributed by atoms with E-state index in [0.717, 1.165) is 12.1 Å². The quantitative estimate of drug-likeness (QED) is 0.795. The van der Waals surface area contributed by atoms with Crippen molar-refractivity contribution in [1.29, 1.82) is 0 Å². The molecule has 2 nitrogen and oxygen atoms in total. The molecule has 1 aliphatic heterocycles. The van der Waals surface area contributed by atoms with Gasteiger partial charge in [0.2, 0.25) is 0 Å². The van der Waals surface area contributed by atoms with Crippen LogP contribution in [0.4, 0.5) is 0 Å². The zero-order valence-electron chi connectivity index (χ0n) is 12.0. The average Bonchev–Trinajstić information content (AvgIpc) is 2.50. The van der Waals surface area contributed by atoms with Crippen molar-refractivity contribution in [2.75, 3.05) is 20.1 Å². The van der Waals surface area contributed by atoms with Gasteiger partial charge in [0.15, 0.2) is 0 Å². The van der Waals surface area contributed by atoms with Crippen LogP contribution in [-0.4, -0.2) is 37.1 Å². The maximum atomic E-state index is 3.48. The van der Waals surface area contributed by atoms with E-state index >= 15 is 0 Å². The topological polar surface area (TPSA) is 15.3 Å². The number of hydrogen-bond acceptors (Lipinski definition) is 2. The molecule has 0 aromatic heterocycles. The van der Waals surface area contributed by atoms with Crippen LogP contribution in [0, 0.1) is 5.41 Å². The molecule has 0 spiro atoms. The predicted octanol–water partition coefficient (Wildman–Crippen LogP) is 3.03. The number of nitrogens with zero attached hydrogens (tertiary/aromatic N) is 1. The Morgan fingerprint density at radius 1 is 1.06 bits per heavy atom. The molecule has 2 aliphatic rings. The third-order valence-electron chi connectivity index (χ3n) is 4.95. The molecule has 1 aliphatic carbocycles. The molecule has 17 heavy (non-hydrogen) atoms. The SMILES string of the molecule is CNC1CCCC(N2CCCC(C)(C)CC2)C1. The van der Waals surface area contributed by atoms with Gasteiger partial charge in [-0.05, 0) is 64.1 Å². The van der Waals surface area contributed by atoms with Crippen molar-refractivity contribution in [3.8, 4) is 0 Å². The van der Waals surface area contributed by atoms with Crippen LogP contribution >= 0.6 is 0 Å². The fraction of sp³-hybridized carbons (Fsp3) is 1.00. The minimum Gasteiger partial charge on any atom is -0.317 e. The Balaban J connectivity index is 1.88. The number of hydrogen-bond donors (Lipinski definition) is 1. The van der Waals surface area contributed by atoms with E-state index in [2.05, 4.69) is 31.1 Å². The van der Waals surface area contributed by atoms with E-state index in [4.69, 9.17) is 0 Å². The molecular weight excluding hydrogens is 208 g/mol. The Bertz CT molecular complexity index is 237. The maximum absolute atomic E-state index is 3.48. The monoisotopic (exact) mass is 238 g/mol. The summed E-state index contributed by atoms with van der Waals surface area (Å²) in [4.78, 5) is 2.79. The Hall–Kier alpha value is -0.0800. The van der Waals surface area contributed by atoms with Gasteiger partial charge in [-0.3, -0.25) is 0 Å². The van der Waals surface area contributed by atoms with Crippen molar-refractivity contribution >= 4 is 0 Å². The average molecular weight is 238 g/mol. The molecule has 2 atom stereocenters. The Morgan fingerprint density at radius 3 is 2.65 bits per heavy atom. The molecule has 0 aromatic carbocycles. The maximum Gasteiger partial charge on any atom is 0.0110 e. The summed E-state index contributed by atoms with van der Waals surface area (Å²) in [5.41, 5.74) is 0.575. The lowest BCUT2D eigenvalue weighted by Crippen LogP contribution is -2.44. The second kappa shape index (κ2) is 5.71. The third kappa shape index (κ3) is 3.69. The van der Waals surface area contributed by atoms with Crippen LogP contribution in [0.25, 0.3) is 0 Å². The van der Waals surface area contributed by atoms with Gasteiger partial charge in [0.25, 0.3) is 0 Å². The minimum absolute atomic E-state index is 0.575. The standard InChI is InChI=1S/C15H30N2/c1-15(2)8-5-10-17(11-9-15)14-7-4-6-13(12-14)16-3/h13-14,16H,4-12H2,1-3H3. The van der Waals surface area contributed by atoms with E-state index in [-0.39, 0.29) is 0 Å². The van der Waals surface area contributed by atoms with E-state index in [9.17, 15) is 0 Å². The van der Waals surface area contributed by atoms with Gasteiger partial charge in [-0.1, -0.05) is 20.3 Å². The molecule has 1 saturated carbocycles. The molecule has 1 N–H and O–H groups in total. The van der Waals surface area contributed by atoms with E-state index in [1.165, 1.54) is 58.0 Å². The van der Waals surface area contributed by atoms with Crippen LogP contribution in [0.2, 0.25) is 0 Å². The molecule has 2 rings (SSSR count). The van der Waals surface area contributed by atoms with Crippen molar-refractivity contribution in [3.05, 3.63) is 0 Å². The van der Waals surface area contributed by atoms with Gasteiger partial charge in [0, 0.05) is 12.1 Å². The Morgan fingerprint density at radius 2 is 1.88 bits per heavy atom. The summed E-state index contributed by atoms with van der Waals surface area (Å²) in [6.45, 7) is 7.54. The molecule has 1 saturated heterocycles. The largest absolute Gasteiger partial charge is 0.317 e. The van der Waals surface area contributed by atoms with E-state index in [0.29, 0.717) is 5.41 Å². The van der Waals surface area contributed by atoms with Crippen molar-refractivity contribution in [2.45, 2.75) is 70.9 Å². The lowest BCUT2D eigenvalue weighted by molar-refractivity contribution is 0.141. The minimum atomic E-state index is 0.575. The van der Waals surface area contributed by atoms with Gasteiger partial charge in [0.1, 0.15) is 0 Å². The normalized spacial score (nSPS) is 35.5. The summed E-state index contributed by atoms with van der Waals surface area (Å²) in [5, 5.41) is 3.48. The second-order valence-electron chi connectivity index (χ2n) is 6.86. The van der Waals surface area contributed by atoms with Crippen molar-refractivity contribution in [3.63, 3.8) is 0 Å². The molecule has 0 aromatic rings. The highest BCUT2D eigenvalue weighted by Gasteiger charge is 2.29. The molecule has 0 radical (unpaired) electrons. The molecule has 1 heterocycles. The summed E-state index contributed by atoms with van der Waals surface area (Å²) in [7, 11) is 2.12. The lowest BCUT2D eigenvalue weighted by atomic mass is 9.85. The summed E-state index contributed by atoms with van der Waals surface area (Å²) >= 11 is 0. The zero-order valence-corrected chi connectivity index (χ0v) is 12.0. The van der Waals surface area contributed by atoms with E-state index in [1.807, 2.05) is 0 Å². The fourth-order valence-electron chi connectivity index (χ4n) is 3.57. The van der Waals surface area contributed by atoms with Crippen LogP contribution in [0.3, 0.4) is 0 Å². The zero-order chi connectivity index (χ0) is 12.3. The molecular formula is C15H30N2. The number of rotatable bonds is 2. The van der Waals surface area contributed by atoms with Gasteiger partial charge in [-0.2, -0.15) is 0 Å². The first kappa shape index (κ1) is 13.4. The summed E-state index contributed by atoms with van der Waals surface area (Å²) in [5.74, 6) is 0. The molecule has 2 unspecified atom stereocenters.